The summed E-state index contributed by atoms with van der Waals surface area (Å²) in [6.45, 7) is 5.81. The van der Waals surface area contributed by atoms with Crippen LogP contribution in [0.4, 0.5) is 0 Å². The predicted octanol–water partition coefficient (Wildman–Crippen LogP) is 1.45. The van der Waals surface area contributed by atoms with Gasteiger partial charge in [0.25, 0.3) is 0 Å². The second-order valence-corrected chi connectivity index (χ2v) is 6.11. The average molecular weight is 288 g/mol. The van der Waals surface area contributed by atoms with E-state index in [1.165, 1.54) is 37.9 Å². The molecular formula is C16H24N4O. The fraction of sp³-hybridized carbons (Fsp3) is 0.562. The molecule has 21 heavy (non-hydrogen) atoms. The summed E-state index contributed by atoms with van der Waals surface area (Å²) < 4.78 is 0. The van der Waals surface area contributed by atoms with Crippen LogP contribution in [0.3, 0.4) is 0 Å². The van der Waals surface area contributed by atoms with Crippen molar-refractivity contribution in [2.24, 2.45) is 10.9 Å². The van der Waals surface area contributed by atoms with Crippen molar-refractivity contribution < 1.29 is 5.21 Å². The molecule has 3 rings (SSSR count). The van der Waals surface area contributed by atoms with Crippen LogP contribution >= 0.6 is 0 Å². The van der Waals surface area contributed by atoms with Gasteiger partial charge in [0, 0.05) is 31.2 Å². The predicted molar refractivity (Wildman–Crippen MR) is 83.4 cm³/mol. The van der Waals surface area contributed by atoms with E-state index in [0.29, 0.717) is 0 Å². The van der Waals surface area contributed by atoms with E-state index < -0.39 is 0 Å². The van der Waals surface area contributed by atoms with Crippen LogP contribution in [-0.4, -0.2) is 53.1 Å². The summed E-state index contributed by atoms with van der Waals surface area (Å²) in [4.78, 5) is 5.15. The zero-order chi connectivity index (χ0) is 14.7. The van der Waals surface area contributed by atoms with Gasteiger partial charge in [-0.25, -0.2) is 0 Å². The Labute approximate surface area is 126 Å². The van der Waals surface area contributed by atoms with Crippen molar-refractivity contribution >= 4 is 5.84 Å². The number of nitrogens with two attached hydrogens (primary N) is 1. The van der Waals surface area contributed by atoms with E-state index >= 15 is 0 Å². The Morgan fingerprint density at radius 3 is 2.86 bits per heavy atom. The van der Waals surface area contributed by atoms with Gasteiger partial charge in [0.1, 0.15) is 0 Å². The molecule has 0 aliphatic carbocycles. The summed E-state index contributed by atoms with van der Waals surface area (Å²) in [6, 6.07) is 8.70. The van der Waals surface area contributed by atoms with E-state index in [2.05, 4.69) is 21.0 Å². The SMILES string of the molecule is NC(=NO)c1cccc(CN2CCC(N3CCCC3)C2)c1. The normalized spacial score (nSPS) is 24.8. The molecule has 0 spiro atoms. The van der Waals surface area contributed by atoms with Crippen LogP contribution in [0.25, 0.3) is 0 Å². The van der Waals surface area contributed by atoms with E-state index in [4.69, 9.17) is 10.9 Å². The van der Waals surface area contributed by atoms with Crippen LogP contribution < -0.4 is 5.73 Å². The maximum atomic E-state index is 8.77. The first-order valence-corrected chi connectivity index (χ1v) is 7.79. The molecule has 1 unspecified atom stereocenters. The Morgan fingerprint density at radius 2 is 2.10 bits per heavy atom. The molecule has 1 atom stereocenters. The number of amidine groups is 1. The van der Waals surface area contributed by atoms with Crippen LogP contribution in [0.5, 0.6) is 0 Å². The van der Waals surface area contributed by atoms with Crippen molar-refractivity contribution in [1.29, 1.82) is 0 Å². The van der Waals surface area contributed by atoms with Gasteiger partial charge in [-0.05, 0) is 44.0 Å². The number of nitrogens with zero attached hydrogens (tertiary/aromatic N) is 3. The lowest BCUT2D eigenvalue weighted by molar-refractivity contribution is 0.230. The van der Waals surface area contributed by atoms with Crippen LogP contribution in [0.1, 0.15) is 30.4 Å². The molecule has 0 radical (unpaired) electrons. The Kier molecular flexibility index (Phi) is 4.41. The summed E-state index contributed by atoms with van der Waals surface area (Å²) in [5.41, 5.74) is 7.66. The molecule has 2 aliphatic heterocycles. The number of hydrogen-bond acceptors (Lipinski definition) is 4. The van der Waals surface area contributed by atoms with Gasteiger partial charge in [-0.1, -0.05) is 23.4 Å². The third-order valence-corrected chi connectivity index (χ3v) is 4.64. The molecule has 3 N–H and O–H groups in total. The first kappa shape index (κ1) is 14.4. The highest BCUT2D eigenvalue weighted by atomic mass is 16.4. The van der Waals surface area contributed by atoms with E-state index in [0.717, 1.165) is 31.2 Å². The van der Waals surface area contributed by atoms with Crippen molar-refractivity contribution in [3.05, 3.63) is 35.4 Å². The van der Waals surface area contributed by atoms with Gasteiger partial charge in [-0.3, -0.25) is 9.80 Å². The van der Waals surface area contributed by atoms with Crippen molar-refractivity contribution in [2.75, 3.05) is 26.2 Å². The molecular weight excluding hydrogens is 264 g/mol. The number of rotatable bonds is 4. The number of hydrogen-bond donors (Lipinski definition) is 2. The summed E-state index contributed by atoms with van der Waals surface area (Å²) in [5, 5.41) is 11.8. The van der Waals surface area contributed by atoms with Gasteiger partial charge in [0.05, 0.1) is 0 Å². The van der Waals surface area contributed by atoms with Gasteiger partial charge >= 0.3 is 0 Å². The van der Waals surface area contributed by atoms with E-state index in [1.807, 2.05) is 18.2 Å². The largest absolute Gasteiger partial charge is 0.409 e. The first-order valence-electron chi connectivity index (χ1n) is 7.79. The lowest BCUT2D eigenvalue weighted by atomic mass is 10.1. The van der Waals surface area contributed by atoms with Gasteiger partial charge in [-0.2, -0.15) is 0 Å². The summed E-state index contributed by atoms with van der Waals surface area (Å²) in [5.74, 6) is 0.174. The third-order valence-electron chi connectivity index (χ3n) is 4.64. The Morgan fingerprint density at radius 1 is 1.29 bits per heavy atom. The van der Waals surface area contributed by atoms with Gasteiger partial charge in [-0.15, -0.1) is 0 Å². The minimum Gasteiger partial charge on any atom is -0.409 e. The molecule has 2 aliphatic rings. The summed E-state index contributed by atoms with van der Waals surface area (Å²) >= 11 is 0. The van der Waals surface area contributed by atoms with Crippen LogP contribution in [0, 0.1) is 0 Å². The minimum absolute atomic E-state index is 0.174. The lowest BCUT2D eigenvalue weighted by Gasteiger charge is -2.23. The Bertz CT molecular complexity index is 511. The van der Waals surface area contributed by atoms with Crippen molar-refractivity contribution in [3.8, 4) is 0 Å². The number of oxime groups is 1. The highest BCUT2D eigenvalue weighted by Gasteiger charge is 2.28. The first-order chi connectivity index (χ1) is 10.3. The van der Waals surface area contributed by atoms with Crippen LogP contribution in [0.15, 0.2) is 29.4 Å². The smallest absolute Gasteiger partial charge is 0.170 e. The number of benzene rings is 1. The van der Waals surface area contributed by atoms with Gasteiger partial charge < -0.3 is 10.9 Å². The zero-order valence-corrected chi connectivity index (χ0v) is 12.4. The molecule has 114 valence electrons. The highest BCUT2D eigenvalue weighted by Crippen LogP contribution is 2.22. The molecule has 0 bridgehead atoms. The second kappa shape index (κ2) is 6.45. The Balaban J connectivity index is 1.60. The second-order valence-electron chi connectivity index (χ2n) is 6.11. The van der Waals surface area contributed by atoms with Gasteiger partial charge in [0.15, 0.2) is 5.84 Å². The van der Waals surface area contributed by atoms with Gasteiger partial charge in [0.2, 0.25) is 0 Å². The maximum absolute atomic E-state index is 8.77. The third kappa shape index (κ3) is 3.36. The molecule has 0 amide bonds. The standard InChI is InChI=1S/C16H24N4O/c17-16(18-21)14-5-3-4-13(10-14)11-19-9-6-15(12-19)20-7-1-2-8-20/h3-5,10,15,21H,1-2,6-9,11-12H2,(H2,17,18). The van der Waals surface area contributed by atoms with Crippen molar-refractivity contribution in [2.45, 2.75) is 31.8 Å². The average Bonchev–Trinajstić information content (AvgIpc) is 3.17. The molecule has 2 fully saturated rings. The summed E-state index contributed by atoms with van der Waals surface area (Å²) in [6.07, 6.45) is 4.00. The molecule has 1 aromatic rings. The van der Waals surface area contributed by atoms with Crippen molar-refractivity contribution in [1.82, 2.24) is 9.80 Å². The molecule has 5 heteroatoms. The molecule has 1 aromatic carbocycles. The minimum atomic E-state index is 0.174. The molecule has 0 aromatic heterocycles. The molecule has 5 nitrogen and oxygen atoms in total. The Hall–Kier alpha value is -1.59. The topological polar surface area (TPSA) is 65.1 Å². The quantitative estimate of drug-likeness (QED) is 0.381. The number of likely N-dealkylation sites (tertiary alicyclic amines) is 2. The van der Waals surface area contributed by atoms with E-state index in [9.17, 15) is 0 Å². The zero-order valence-electron chi connectivity index (χ0n) is 12.4. The highest BCUT2D eigenvalue weighted by molar-refractivity contribution is 5.97. The fourth-order valence-corrected chi connectivity index (χ4v) is 3.51. The van der Waals surface area contributed by atoms with Crippen LogP contribution in [0.2, 0.25) is 0 Å². The van der Waals surface area contributed by atoms with Crippen molar-refractivity contribution in [3.63, 3.8) is 0 Å². The maximum Gasteiger partial charge on any atom is 0.170 e. The fourth-order valence-electron chi connectivity index (χ4n) is 3.51. The monoisotopic (exact) mass is 288 g/mol. The van der Waals surface area contributed by atoms with Crippen LogP contribution in [-0.2, 0) is 6.54 Å². The van der Waals surface area contributed by atoms with E-state index in [1.54, 1.807) is 0 Å². The lowest BCUT2D eigenvalue weighted by Crippen LogP contribution is -2.35. The molecule has 2 saturated heterocycles. The molecule has 0 saturated carbocycles. The molecule has 2 heterocycles. The summed E-state index contributed by atoms with van der Waals surface area (Å²) in [7, 11) is 0. The van der Waals surface area contributed by atoms with E-state index in [-0.39, 0.29) is 5.84 Å².